The monoisotopic (exact) mass is 289 g/mol. The van der Waals surface area contributed by atoms with Crippen LogP contribution < -0.4 is 10.2 Å². The molecule has 0 aliphatic carbocycles. The van der Waals surface area contributed by atoms with E-state index < -0.39 is 0 Å². The Morgan fingerprint density at radius 2 is 2.35 bits per heavy atom. The van der Waals surface area contributed by atoms with Gasteiger partial charge in [-0.2, -0.15) is 0 Å². The first kappa shape index (κ1) is 14.0. The third-order valence-corrected chi connectivity index (χ3v) is 3.04. The van der Waals surface area contributed by atoms with Crippen LogP contribution in [-0.2, 0) is 6.54 Å². The molecule has 20 heavy (non-hydrogen) atoms. The predicted octanol–water partition coefficient (Wildman–Crippen LogP) is 0.105. The van der Waals surface area contributed by atoms with E-state index in [2.05, 4.69) is 27.1 Å². The molecule has 0 aliphatic rings. The minimum absolute atomic E-state index is 0.155. The fourth-order valence-electron chi connectivity index (χ4n) is 1.45. The first-order valence-electron chi connectivity index (χ1n) is 5.68. The third-order valence-electron chi connectivity index (χ3n) is 2.32. The van der Waals surface area contributed by atoms with Gasteiger partial charge in [0.05, 0.1) is 12.1 Å². The van der Waals surface area contributed by atoms with Gasteiger partial charge in [-0.1, -0.05) is 23.2 Å². The van der Waals surface area contributed by atoms with E-state index in [0.717, 1.165) is 11.3 Å². The number of carbonyl (C=O) groups is 1. The Kier molecular flexibility index (Phi) is 4.65. The van der Waals surface area contributed by atoms with Crippen LogP contribution in [0.4, 0.5) is 0 Å². The molecule has 0 atom stereocenters. The highest BCUT2D eigenvalue weighted by Gasteiger charge is 2.07. The van der Waals surface area contributed by atoms with Crippen LogP contribution in [0, 0.1) is 11.8 Å². The number of pyridine rings is 1. The van der Waals surface area contributed by atoms with Gasteiger partial charge in [0, 0.05) is 29.0 Å². The number of thiazole rings is 1. The maximum absolute atomic E-state index is 11.9. The van der Waals surface area contributed by atoms with Crippen molar-refractivity contribution in [2.75, 3.05) is 6.61 Å². The molecule has 6 nitrogen and oxygen atoms in total. The SMILES string of the molecule is O=C(NCc1csc(=O)[nH]1)c1cncc(C#CCO)c1. The number of hydrogen-bond donors (Lipinski definition) is 3. The van der Waals surface area contributed by atoms with Gasteiger partial charge in [0.1, 0.15) is 6.61 Å². The Morgan fingerprint density at radius 1 is 1.50 bits per heavy atom. The number of hydrogen-bond acceptors (Lipinski definition) is 5. The smallest absolute Gasteiger partial charge is 0.304 e. The van der Waals surface area contributed by atoms with Crippen molar-refractivity contribution in [2.24, 2.45) is 0 Å². The summed E-state index contributed by atoms with van der Waals surface area (Å²) in [6.45, 7) is -0.00787. The summed E-state index contributed by atoms with van der Waals surface area (Å²) in [5.74, 6) is 4.86. The van der Waals surface area contributed by atoms with E-state index >= 15 is 0 Å². The van der Waals surface area contributed by atoms with E-state index in [1.54, 1.807) is 11.4 Å². The van der Waals surface area contributed by atoms with E-state index in [1.807, 2.05) is 0 Å². The molecule has 102 valence electrons. The summed E-state index contributed by atoms with van der Waals surface area (Å²) in [5.41, 5.74) is 1.57. The fourth-order valence-corrected chi connectivity index (χ4v) is 2.03. The van der Waals surface area contributed by atoms with Gasteiger partial charge >= 0.3 is 4.87 Å². The van der Waals surface area contributed by atoms with Crippen LogP contribution in [0.5, 0.6) is 0 Å². The van der Waals surface area contributed by atoms with E-state index in [0.29, 0.717) is 16.8 Å². The minimum atomic E-state index is -0.308. The molecule has 0 bridgehead atoms. The highest BCUT2D eigenvalue weighted by Crippen LogP contribution is 2.02. The molecule has 0 unspecified atom stereocenters. The van der Waals surface area contributed by atoms with Gasteiger partial charge in [0.15, 0.2) is 0 Å². The van der Waals surface area contributed by atoms with Gasteiger partial charge in [0.2, 0.25) is 0 Å². The lowest BCUT2D eigenvalue weighted by Crippen LogP contribution is -2.23. The van der Waals surface area contributed by atoms with Crippen molar-refractivity contribution in [1.82, 2.24) is 15.3 Å². The van der Waals surface area contributed by atoms with Gasteiger partial charge in [-0.25, -0.2) is 0 Å². The molecule has 2 aromatic heterocycles. The summed E-state index contributed by atoms with van der Waals surface area (Å²) in [6, 6.07) is 1.58. The average molecular weight is 289 g/mol. The molecule has 2 aromatic rings. The molecule has 0 aromatic carbocycles. The summed E-state index contributed by atoms with van der Waals surface area (Å²) in [6.07, 6.45) is 2.94. The van der Waals surface area contributed by atoms with Crippen LogP contribution >= 0.6 is 11.3 Å². The Morgan fingerprint density at radius 3 is 3.05 bits per heavy atom. The lowest BCUT2D eigenvalue weighted by Gasteiger charge is -2.03. The Labute approximate surface area is 118 Å². The van der Waals surface area contributed by atoms with Crippen LogP contribution in [0.1, 0.15) is 21.6 Å². The first-order valence-corrected chi connectivity index (χ1v) is 6.56. The number of aliphatic hydroxyl groups excluding tert-OH is 1. The molecule has 0 aliphatic heterocycles. The normalized spacial score (nSPS) is 9.65. The van der Waals surface area contributed by atoms with Crippen molar-refractivity contribution in [3.63, 3.8) is 0 Å². The fraction of sp³-hybridized carbons (Fsp3) is 0.154. The summed E-state index contributed by atoms with van der Waals surface area (Å²) in [4.78, 5) is 29.2. The molecule has 7 heteroatoms. The zero-order valence-electron chi connectivity index (χ0n) is 10.3. The molecule has 2 rings (SSSR count). The number of aromatic amines is 1. The summed E-state index contributed by atoms with van der Waals surface area (Å²) in [7, 11) is 0. The average Bonchev–Trinajstić information content (AvgIpc) is 2.88. The van der Waals surface area contributed by atoms with Crippen molar-refractivity contribution in [2.45, 2.75) is 6.54 Å². The highest BCUT2D eigenvalue weighted by molar-refractivity contribution is 7.07. The second-order valence-corrected chi connectivity index (χ2v) is 4.62. The summed E-state index contributed by atoms with van der Waals surface area (Å²) in [5, 5.41) is 12.9. The molecule has 0 radical (unpaired) electrons. The maximum Gasteiger partial charge on any atom is 0.304 e. The molecular formula is C13H11N3O3S. The van der Waals surface area contributed by atoms with Crippen LogP contribution in [0.2, 0.25) is 0 Å². The number of amides is 1. The lowest BCUT2D eigenvalue weighted by molar-refractivity contribution is 0.0950. The summed E-state index contributed by atoms with van der Waals surface area (Å²) >= 11 is 1.05. The number of nitrogens with zero attached hydrogens (tertiary/aromatic N) is 1. The van der Waals surface area contributed by atoms with Crippen LogP contribution in [0.15, 0.2) is 28.6 Å². The van der Waals surface area contributed by atoms with Crippen molar-refractivity contribution in [1.29, 1.82) is 0 Å². The number of aliphatic hydroxyl groups is 1. The third kappa shape index (κ3) is 3.78. The van der Waals surface area contributed by atoms with Gasteiger partial charge in [-0.15, -0.1) is 0 Å². The minimum Gasteiger partial charge on any atom is -0.384 e. The standard InChI is InChI=1S/C13H11N3O3S/c17-3-1-2-9-4-10(6-14-5-9)12(18)15-7-11-8-20-13(19)16-11/h4-6,8,17H,3,7H2,(H,15,18)(H,16,19). The molecule has 1 amide bonds. The quantitative estimate of drug-likeness (QED) is 0.699. The molecule has 3 N–H and O–H groups in total. The van der Waals surface area contributed by atoms with Crippen molar-refractivity contribution < 1.29 is 9.90 Å². The van der Waals surface area contributed by atoms with Gasteiger partial charge in [0.25, 0.3) is 5.91 Å². The Hall–Kier alpha value is -2.43. The topological polar surface area (TPSA) is 95.1 Å². The number of rotatable bonds is 3. The first-order chi connectivity index (χ1) is 9.69. The largest absolute Gasteiger partial charge is 0.384 e. The van der Waals surface area contributed by atoms with Gasteiger partial charge < -0.3 is 15.4 Å². The predicted molar refractivity (Wildman–Crippen MR) is 74.3 cm³/mol. The van der Waals surface area contributed by atoms with E-state index in [-0.39, 0.29) is 23.9 Å². The van der Waals surface area contributed by atoms with E-state index in [1.165, 1.54) is 12.4 Å². The van der Waals surface area contributed by atoms with Crippen molar-refractivity contribution >= 4 is 17.2 Å². The molecule has 0 saturated heterocycles. The van der Waals surface area contributed by atoms with Crippen LogP contribution in [-0.4, -0.2) is 27.6 Å². The van der Waals surface area contributed by atoms with Crippen LogP contribution in [0.3, 0.4) is 0 Å². The van der Waals surface area contributed by atoms with Gasteiger partial charge in [-0.3, -0.25) is 14.6 Å². The van der Waals surface area contributed by atoms with E-state index in [4.69, 9.17) is 5.11 Å². The maximum atomic E-state index is 11.9. The highest BCUT2D eigenvalue weighted by atomic mass is 32.1. The summed E-state index contributed by atoms with van der Waals surface area (Å²) < 4.78 is 0. The second kappa shape index (κ2) is 6.65. The number of aromatic nitrogens is 2. The second-order valence-electron chi connectivity index (χ2n) is 3.78. The Balaban J connectivity index is 2.03. The zero-order chi connectivity index (χ0) is 14.4. The molecular weight excluding hydrogens is 278 g/mol. The zero-order valence-corrected chi connectivity index (χ0v) is 11.2. The molecule has 2 heterocycles. The number of carbonyl (C=O) groups excluding carboxylic acids is 1. The van der Waals surface area contributed by atoms with Crippen molar-refractivity contribution in [3.8, 4) is 11.8 Å². The van der Waals surface area contributed by atoms with Crippen molar-refractivity contribution in [3.05, 3.63) is 50.3 Å². The van der Waals surface area contributed by atoms with Crippen LogP contribution in [0.25, 0.3) is 0 Å². The Bertz CT molecular complexity index is 724. The number of nitrogens with one attached hydrogen (secondary N) is 2. The van der Waals surface area contributed by atoms with E-state index in [9.17, 15) is 9.59 Å². The molecule has 0 saturated carbocycles. The molecule has 0 fully saturated rings. The molecule has 0 spiro atoms. The lowest BCUT2D eigenvalue weighted by atomic mass is 10.2. The number of H-pyrrole nitrogens is 1. The van der Waals surface area contributed by atoms with Gasteiger partial charge in [-0.05, 0) is 6.07 Å².